The summed E-state index contributed by atoms with van der Waals surface area (Å²) in [6.45, 7) is 3.81. The Morgan fingerprint density at radius 2 is 2.35 bits per heavy atom. The summed E-state index contributed by atoms with van der Waals surface area (Å²) in [7, 11) is 0. The molecule has 0 bridgehead atoms. The van der Waals surface area contributed by atoms with E-state index in [2.05, 4.69) is 9.97 Å². The van der Waals surface area contributed by atoms with Crippen LogP contribution in [0.4, 0.5) is 0 Å². The van der Waals surface area contributed by atoms with E-state index < -0.39 is 5.97 Å². The van der Waals surface area contributed by atoms with Crippen molar-refractivity contribution in [2.45, 2.75) is 26.7 Å². The number of carboxylic acid groups (broad SMARTS) is 1. The number of hydrogen-bond donors (Lipinski definition) is 1. The Morgan fingerprint density at radius 1 is 1.59 bits per heavy atom. The van der Waals surface area contributed by atoms with Crippen LogP contribution >= 0.6 is 11.3 Å². The van der Waals surface area contributed by atoms with Gasteiger partial charge in [0, 0.05) is 0 Å². The highest BCUT2D eigenvalue weighted by molar-refractivity contribution is 7.13. The fourth-order valence-corrected chi connectivity index (χ4v) is 2.26. The smallest absolute Gasteiger partial charge is 0.373 e. The van der Waals surface area contributed by atoms with Crippen molar-refractivity contribution >= 4 is 17.3 Å². The van der Waals surface area contributed by atoms with Gasteiger partial charge in [0.25, 0.3) is 0 Å². The Balaban J connectivity index is 2.47. The largest absolute Gasteiger partial charge is 0.475 e. The van der Waals surface area contributed by atoms with Crippen molar-refractivity contribution in [1.29, 1.82) is 0 Å². The molecule has 0 aromatic carbocycles. The van der Waals surface area contributed by atoms with Gasteiger partial charge in [0.05, 0.1) is 16.9 Å². The number of carboxylic acids is 1. The van der Waals surface area contributed by atoms with Gasteiger partial charge in [0.1, 0.15) is 4.88 Å². The van der Waals surface area contributed by atoms with Gasteiger partial charge >= 0.3 is 5.97 Å². The van der Waals surface area contributed by atoms with Gasteiger partial charge in [-0.05, 0) is 13.3 Å². The zero-order valence-corrected chi connectivity index (χ0v) is 10.4. The molecule has 0 aliphatic heterocycles. The number of thiazole rings is 1. The molecule has 2 rings (SSSR count). The van der Waals surface area contributed by atoms with Crippen molar-refractivity contribution in [2.24, 2.45) is 0 Å². The number of nitrogens with zero attached hydrogens (tertiary/aromatic N) is 2. The molecule has 2 aromatic rings. The SMILES string of the molecule is CCCc1nc(-c2scnc2C)oc1C(=O)O. The number of oxazole rings is 1. The Bertz CT molecular complexity index is 545. The molecule has 1 N–H and O–H groups in total. The van der Waals surface area contributed by atoms with Crippen LogP contribution in [0.1, 0.15) is 35.3 Å². The maximum absolute atomic E-state index is 11.0. The topological polar surface area (TPSA) is 76.2 Å². The first-order chi connectivity index (χ1) is 8.13. The van der Waals surface area contributed by atoms with Gasteiger partial charge in [-0.25, -0.2) is 14.8 Å². The number of aromatic carboxylic acids is 1. The van der Waals surface area contributed by atoms with Gasteiger partial charge in [-0.2, -0.15) is 0 Å². The van der Waals surface area contributed by atoms with Crippen LogP contribution in [0.3, 0.4) is 0 Å². The van der Waals surface area contributed by atoms with Crippen molar-refractivity contribution in [3.63, 3.8) is 0 Å². The van der Waals surface area contributed by atoms with Crippen molar-refractivity contribution < 1.29 is 14.3 Å². The minimum absolute atomic E-state index is 0.0605. The summed E-state index contributed by atoms with van der Waals surface area (Å²) in [5, 5.41) is 9.03. The zero-order valence-electron chi connectivity index (χ0n) is 9.56. The molecule has 0 atom stereocenters. The standard InChI is InChI=1S/C11H12N2O3S/c1-3-4-7-8(11(14)15)16-10(13-7)9-6(2)12-5-17-9/h5H,3-4H2,1-2H3,(H,14,15). The molecule has 0 aliphatic rings. The van der Waals surface area contributed by atoms with E-state index in [0.29, 0.717) is 18.0 Å². The molecule has 0 fully saturated rings. The summed E-state index contributed by atoms with van der Waals surface area (Å²) < 4.78 is 5.31. The van der Waals surface area contributed by atoms with Crippen LogP contribution in [0.5, 0.6) is 0 Å². The first kappa shape index (κ1) is 11.8. The van der Waals surface area contributed by atoms with Crippen LogP contribution in [-0.2, 0) is 6.42 Å². The average molecular weight is 252 g/mol. The fraction of sp³-hybridized carbons (Fsp3) is 0.364. The molecule has 6 heteroatoms. The van der Waals surface area contributed by atoms with E-state index in [1.54, 1.807) is 5.51 Å². The highest BCUT2D eigenvalue weighted by atomic mass is 32.1. The molecule has 0 aliphatic carbocycles. The lowest BCUT2D eigenvalue weighted by molar-refractivity contribution is 0.0661. The van der Waals surface area contributed by atoms with E-state index in [1.807, 2.05) is 13.8 Å². The van der Waals surface area contributed by atoms with E-state index in [9.17, 15) is 4.79 Å². The Morgan fingerprint density at radius 3 is 2.88 bits per heavy atom. The third-order valence-electron chi connectivity index (χ3n) is 2.32. The highest BCUT2D eigenvalue weighted by Crippen LogP contribution is 2.28. The number of hydrogen-bond acceptors (Lipinski definition) is 5. The first-order valence-electron chi connectivity index (χ1n) is 5.27. The number of aryl methyl sites for hydroxylation is 2. The molecule has 0 saturated carbocycles. The molecule has 0 amide bonds. The number of aromatic nitrogens is 2. The quantitative estimate of drug-likeness (QED) is 0.905. The molecule has 90 valence electrons. The average Bonchev–Trinajstić information content (AvgIpc) is 2.84. The molecule has 0 saturated heterocycles. The lowest BCUT2D eigenvalue weighted by Gasteiger charge is -1.91. The normalized spacial score (nSPS) is 10.7. The van der Waals surface area contributed by atoms with Crippen molar-refractivity contribution in [2.75, 3.05) is 0 Å². The van der Waals surface area contributed by atoms with Crippen LogP contribution in [0.15, 0.2) is 9.93 Å². The van der Waals surface area contributed by atoms with Crippen LogP contribution in [0, 0.1) is 6.92 Å². The third-order valence-corrected chi connectivity index (χ3v) is 3.23. The zero-order chi connectivity index (χ0) is 12.4. The third kappa shape index (κ3) is 2.21. The van der Waals surface area contributed by atoms with Gasteiger partial charge < -0.3 is 9.52 Å². The minimum atomic E-state index is -1.07. The Kier molecular flexibility index (Phi) is 3.23. The predicted octanol–water partition coefficient (Wildman–Crippen LogP) is 2.76. The Hall–Kier alpha value is -1.69. The van der Waals surface area contributed by atoms with Gasteiger partial charge in [-0.1, -0.05) is 13.3 Å². The van der Waals surface area contributed by atoms with Crippen molar-refractivity contribution in [3.8, 4) is 10.8 Å². The van der Waals surface area contributed by atoms with Crippen molar-refractivity contribution in [3.05, 3.63) is 22.7 Å². The van der Waals surface area contributed by atoms with Gasteiger partial charge in [0.15, 0.2) is 0 Å². The number of carbonyl (C=O) groups is 1. The second kappa shape index (κ2) is 4.67. The Labute approximate surface area is 102 Å². The van der Waals surface area contributed by atoms with E-state index in [-0.39, 0.29) is 5.76 Å². The molecule has 5 nitrogen and oxygen atoms in total. The van der Waals surface area contributed by atoms with E-state index >= 15 is 0 Å². The molecule has 0 unspecified atom stereocenters. The monoisotopic (exact) mass is 252 g/mol. The van der Waals surface area contributed by atoms with E-state index in [1.165, 1.54) is 11.3 Å². The van der Waals surface area contributed by atoms with Crippen LogP contribution in [0.2, 0.25) is 0 Å². The second-order valence-electron chi connectivity index (χ2n) is 3.62. The summed E-state index contributed by atoms with van der Waals surface area (Å²) in [5.74, 6) is -0.783. The highest BCUT2D eigenvalue weighted by Gasteiger charge is 2.21. The summed E-state index contributed by atoms with van der Waals surface area (Å²) >= 11 is 1.39. The number of rotatable bonds is 4. The molecular formula is C11H12N2O3S. The van der Waals surface area contributed by atoms with Gasteiger partial charge in [-0.3, -0.25) is 0 Å². The summed E-state index contributed by atoms with van der Waals surface area (Å²) in [5.41, 5.74) is 2.99. The van der Waals surface area contributed by atoms with Crippen LogP contribution in [0.25, 0.3) is 10.8 Å². The van der Waals surface area contributed by atoms with Gasteiger partial charge in [0.2, 0.25) is 11.7 Å². The second-order valence-corrected chi connectivity index (χ2v) is 4.47. The van der Waals surface area contributed by atoms with E-state index in [0.717, 1.165) is 17.0 Å². The molecule has 17 heavy (non-hydrogen) atoms. The first-order valence-corrected chi connectivity index (χ1v) is 6.15. The predicted molar refractivity (Wildman–Crippen MR) is 63.3 cm³/mol. The van der Waals surface area contributed by atoms with Crippen LogP contribution in [-0.4, -0.2) is 21.0 Å². The van der Waals surface area contributed by atoms with Crippen molar-refractivity contribution in [1.82, 2.24) is 9.97 Å². The maximum Gasteiger partial charge on any atom is 0.373 e. The molecule has 2 aromatic heterocycles. The maximum atomic E-state index is 11.0. The van der Waals surface area contributed by atoms with E-state index in [4.69, 9.17) is 9.52 Å². The molecular weight excluding hydrogens is 240 g/mol. The lowest BCUT2D eigenvalue weighted by atomic mass is 10.2. The van der Waals surface area contributed by atoms with Crippen LogP contribution < -0.4 is 0 Å². The molecule has 0 radical (unpaired) electrons. The fourth-order valence-electron chi connectivity index (χ4n) is 1.53. The summed E-state index contributed by atoms with van der Waals surface area (Å²) in [6.07, 6.45) is 1.43. The summed E-state index contributed by atoms with van der Waals surface area (Å²) in [4.78, 5) is 20.1. The van der Waals surface area contributed by atoms with Gasteiger partial charge in [-0.15, -0.1) is 11.3 Å². The molecule has 0 spiro atoms. The lowest BCUT2D eigenvalue weighted by Crippen LogP contribution is -1.99. The summed E-state index contributed by atoms with van der Waals surface area (Å²) in [6, 6.07) is 0. The minimum Gasteiger partial charge on any atom is -0.475 e. The molecule has 2 heterocycles.